The van der Waals surface area contributed by atoms with Crippen molar-refractivity contribution in [2.45, 2.75) is 38.5 Å². The van der Waals surface area contributed by atoms with E-state index in [2.05, 4.69) is 0 Å². The number of benzene rings is 1. The molecule has 0 amide bonds. The van der Waals surface area contributed by atoms with E-state index in [0.717, 1.165) is 17.9 Å². The van der Waals surface area contributed by atoms with Crippen LogP contribution in [0, 0.1) is 5.92 Å². The lowest BCUT2D eigenvalue weighted by molar-refractivity contribution is -0.138. The van der Waals surface area contributed by atoms with Gasteiger partial charge >= 0.3 is 5.97 Å². The molecule has 1 saturated carbocycles. The van der Waals surface area contributed by atoms with Crippen molar-refractivity contribution in [3.05, 3.63) is 29.8 Å². The summed E-state index contributed by atoms with van der Waals surface area (Å²) < 4.78 is 5.84. The zero-order valence-electron chi connectivity index (χ0n) is 11.0. The van der Waals surface area contributed by atoms with Gasteiger partial charge in [-0.05, 0) is 24.8 Å². The summed E-state index contributed by atoms with van der Waals surface area (Å²) in [6.07, 6.45) is 2.61. The van der Waals surface area contributed by atoms with Crippen LogP contribution in [0.5, 0.6) is 5.75 Å². The van der Waals surface area contributed by atoms with Gasteiger partial charge in [0.1, 0.15) is 5.75 Å². The van der Waals surface area contributed by atoms with Gasteiger partial charge < -0.3 is 9.84 Å². The van der Waals surface area contributed by atoms with Crippen LogP contribution in [0.25, 0.3) is 0 Å². The molecule has 0 aliphatic heterocycles. The number of para-hydroxylation sites is 1. The van der Waals surface area contributed by atoms with Crippen molar-refractivity contribution in [1.82, 2.24) is 0 Å². The largest absolute Gasteiger partial charge is 0.493 e. The minimum absolute atomic E-state index is 0.108. The first kappa shape index (κ1) is 12.9. The zero-order valence-corrected chi connectivity index (χ0v) is 11.0. The number of carbonyl (C=O) groups is 1. The number of hydrogen-bond donors (Lipinski definition) is 1. The van der Waals surface area contributed by atoms with Gasteiger partial charge in [-0.1, -0.05) is 32.0 Å². The van der Waals surface area contributed by atoms with Crippen molar-refractivity contribution >= 4 is 5.97 Å². The van der Waals surface area contributed by atoms with Crippen LogP contribution < -0.4 is 4.74 Å². The summed E-state index contributed by atoms with van der Waals surface area (Å²) >= 11 is 0. The molecule has 0 heterocycles. The minimum Gasteiger partial charge on any atom is -0.493 e. The van der Waals surface area contributed by atoms with Crippen molar-refractivity contribution in [1.29, 1.82) is 0 Å². The molecule has 0 bridgehead atoms. The van der Waals surface area contributed by atoms with Crippen molar-refractivity contribution in [3.8, 4) is 5.75 Å². The lowest BCUT2D eigenvalue weighted by atomic mass is 9.81. The highest BCUT2D eigenvalue weighted by molar-refractivity contribution is 5.69. The summed E-state index contributed by atoms with van der Waals surface area (Å²) in [5.74, 6) is 0.744. The van der Waals surface area contributed by atoms with Gasteiger partial charge in [-0.3, -0.25) is 4.79 Å². The van der Waals surface area contributed by atoms with E-state index < -0.39 is 11.4 Å². The molecule has 18 heavy (non-hydrogen) atoms. The molecule has 0 atom stereocenters. The fraction of sp³-hybridized carbons (Fsp3) is 0.533. The zero-order chi connectivity index (χ0) is 13.2. The van der Waals surface area contributed by atoms with E-state index in [1.165, 1.54) is 12.8 Å². The van der Waals surface area contributed by atoms with Crippen molar-refractivity contribution in [3.63, 3.8) is 0 Å². The second-order valence-corrected chi connectivity index (χ2v) is 5.70. The second-order valence-electron chi connectivity index (χ2n) is 5.70. The average molecular weight is 248 g/mol. The fourth-order valence-electron chi connectivity index (χ4n) is 2.12. The van der Waals surface area contributed by atoms with E-state index >= 15 is 0 Å². The third-order valence-corrected chi connectivity index (χ3v) is 3.38. The quantitative estimate of drug-likeness (QED) is 0.840. The molecule has 1 aliphatic rings. The summed E-state index contributed by atoms with van der Waals surface area (Å²) in [4.78, 5) is 10.9. The molecule has 0 unspecified atom stereocenters. The molecule has 0 saturated heterocycles. The third kappa shape index (κ3) is 3.25. The number of hydrogen-bond acceptors (Lipinski definition) is 2. The molecule has 0 radical (unpaired) electrons. The Labute approximate surface area is 108 Å². The Morgan fingerprint density at radius 3 is 2.67 bits per heavy atom. The van der Waals surface area contributed by atoms with Crippen molar-refractivity contribution < 1.29 is 14.6 Å². The Bertz CT molecular complexity index is 433. The van der Waals surface area contributed by atoms with Crippen LogP contribution in [0.4, 0.5) is 0 Å². The van der Waals surface area contributed by atoms with E-state index in [9.17, 15) is 4.79 Å². The molecule has 0 spiro atoms. The summed E-state index contributed by atoms with van der Waals surface area (Å²) in [6, 6.07) is 7.76. The number of ether oxygens (including phenoxy) is 1. The standard InChI is InChI=1S/C15H20O3/c1-15(2,9-14(16)17)12-5-3-4-6-13(12)18-10-11-7-8-11/h3-6,11H,7-10H2,1-2H3,(H,16,17). The van der Waals surface area contributed by atoms with Crippen LogP contribution in [-0.4, -0.2) is 17.7 Å². The van der Waals surface area contributed by atoms with Gasteiger partial charge in [0.25, 0.3) is 0 Å². The first-order valence-electron chi connectivity index (χ1n) is 6.43. The highest BCUT2D eigenvalue weighted by Crippen LogP contribution is 2.36. The van der Waals surface area contributed by atoms with Gasteiger partial charge in [0.15, 0.2) is 0 Å². The molecular weight excluding hydrogens is 228 g/mol. The maximum Gasteiger partial charge on any atom is 0.304 e. The van der Waals surface area contributed by atoms with Gasteiger partial charge in [0, 0.05) is 11.0 Å². The Hall–Kier alpha value is -1.51. The molecule has 3 nitrogen and oxygen atoms in total. The van der Waals surface area contributed by atoms with E-state index in [1.807, 2.05) is 38.1 Å². The number of carboxylic acids is 1. The lowest BCUT2D eigenvalue weighted by Gasteiger charge is -2.25. The van der Waals surface area contributed by atoms with E-state index in [1.54, 1.807) is 0 Å². The van der Waals surface area contributed by atoms with E-state index in [0.29, 0.717) is 5.92 Å². The first-order valence-corrected chi connectivity index (χ1v) is 6.43. The SMILES string of the molecule is CC(C)(CC(=O)O)c1ccccc1OCC1CC1. The molecule has 2 rings (SSSR count). The Morgan fingerprint density at radius 2 is 2.06 bits per heavy atom. The van der Waals surface area contributed by atoms with Gasteiger partial charge in [0.2, 0.25) is 0 Å². The first-order chi connectivity index (χ1) is 8.49. The van der Waals surface area contributed by atoms with Crippen molar-refractivity contribution in [2.75, 3.05) is 6.61 Å². The van der Waals surface area contributed by atoms with Gasteiger partial charge in [-0.15, -0.1) is 0 Å². The lowest BCUT2D eigenvalue weighted by Crippen LogP contribution is -2.22. The summed E-state index contributed by atoms with van der Waals surface area (Å²) in [7, 11) is 0. The van der Waals surface area contributed by atoms with E-state index in [4.69, 9.17) is 9.84 Å². The summed E-state index contributed by atoms with van der Waals surface area (Å²) in [5, 5.41) is 8.99. The number of carboxylic acid groups (broad SMARTS) is 1. The summed E-state index contributed by atoms with van der Waals surface area (Å²) in [6.45, 7) is 4.64. The van der Waals surface area contributed by atoms with Crippen LogP contribution in [0.2, 0.25) is 0 Å². The van der Waals surface area contributed by atoms with E-state index in [-0.39, 0.29) is 6.42 Å². The molecule has 3 heteroatoms. The summed E-state index contributed by atoms with van der Waals surface area (Å²) in [5.41, 5.74) is 0.569. The molecule has 1 aromatic rings. The number of aliphatic carboxylic acids is 1. The molecular formula is C15H20O3. The number of rotatable bonds is 6. The molecule has 98 valence electrons. The van der Waals surface area contributed by atoms with Crippen LogP contribution >= 0.6 is 0 Å². The Balaban J connectivity index is 2.16. The Morgan fingerprint density at radius 1 is 1.39 bits per heavy atom. The normalized spacial score (nSPS) is 15.4. The topological polar surface area (TPSA) is 46.5 Å². The van der Waals surface area contributed by atoms with Gasteiger partial charge in [0.05, 0.1) is 13.0 Å². The Kier molecular flexibility index (Phi) is 3.60. The minimum atomic E-state index is -0.781. The molecule has 1 fully saturated rings. The highest BCUT2D eigenvalue weighted by Gasteiger charge is 2.28. The molecule has 0 aromatic heterocycles. The van der Waals surface area contributed by atoms with Crippen LogP contribution in [-0.2, 0) is 10.2 Å². The monoisotopic (exact) mass is 248 g/mol. The van der Waals surface area contributed by atoms with Crippen LogP contribution in [0.3, 0.4) is 0 Å². The predicted octanol–water partition coefficient (Wildman–Crippen LogP) is 3.23. The maximum atomic E-state index is 10.9. The molecule has 1 aromatic carbocycles. The smallest absolute Gasteiger partial charge is 0.304 e. The maximum absolute atomic E-state index is 10.9. The van der Waals surface area contributed by atoms with Crippen molar-refractivity contribution in [2.24, 2.45) is 5.92 Å². The second kappa shape index (κ2) is 5.01. The highest BCUT2D eigenvalue weighted by atomic mass is 16.5. The van der Waals surface area contributed by atoms with Gasteiger partial charge in [-0.25, -0.2) is 0 Å². The molecule has 1 aliphatic carbocycles. The average Bonchev–Trinajstić information content (AvgIpc) is 3.08. The molecule has 1 N–H and O–H groups in total. The predicted molar refractivity (Wildman–Crippen MR) is 69.9 cm³/mol. The van der Waals surface area contributed by atoms with Gasteiger partial charge in [-0.2, -0.15) is 0 Å². The fourth-order valence-corrected chi connectivity index (χ4v) is 2.12. The van der Waals surface area contributed by atoms with Crippen LogP contribution in [0.15, 0.2) is 24.3 Å². The van der Waals surface area contributed by atoms with Crippen LogP contribution in [0.1, 0.15) is 38.7 Å². The third-order valence-electron chi connectivity index (χ3n) is 3.38.